The lowest BCUT2D eigenvalue weighted by Gasteiger charge is -2.24. The molecule has 0 saturated carbocycles. The zero-order valence-corrected chi connectivity index (χ0v) is 9.55. The first-order valence-corrected chi connectivity index (χ1v) is 5.27. The zero-order valence-electron chi connectivity index (χ0n) is 9.55. The minimum Gasteiger partial charge on any atom is -0.396 e. The highest BCUT2D eigenvalue weighted by Gasteiger charge is 2.21. The standard InChI is InChI=1S/C10H22N2O3/c1-3-12-9(15)4-5-11-6-10(2,7-13)8-14/h11,13-14H,3-8H2,1-2H3,(H,12,15). The molecule has 0 aromatic rings. The number of aliphatic hydroxyl groups is 2. The highest BCUT2D eigenvalue weighted by atomic mass is 16.3. The maximum Gasteiger partial charge on any atom is 0.221 e. The predicted octanol–water partition coefficient (Wildman–Crippen LogP) is -0.907. The van der Waals surface area contributed by atoms with Gasteiger partial charge in [0.1, 0.15) is 0 Å². The Hall–Kier alpha value is -0.650. The maximum atomic E-state index is 11.1. The molecule has 0 radical (unpaired) electrons. The number of nitrogens with one attached hydrogen (secondary N) is 2. The number of hydrogen-bond donors (Lipinski definition) is 4. The van der Waals surface area contributed by atoms with E-state index in [-0.39, 0.29) is 19.1 Å². The number of rotatable bonds is 8. The first kappa shape index (κ1) is 14.3. The van der Waals surface area contributed by atoms with Crippen molar-refractivity contribution < 1.29 is 15.0 Å². The van der Waals surface area contributed by atoms with Crippen molar-refractivity contribution in [2.45, 2.75) is 20.3 Å². The molecule has 0 aliphatic carbocycles. The first-order chi connectivity index (χ1) is 7.08. The number of hydrogen-bond acceptors (Lipinski definition) is 4. The van der Waals surface area contributed by atoms with Gasteiger partial charge in [-0.2, -0.15) is 0 Å². The minimum absolute atomic E-state index is 0.0136. The fourth-order valence-corrected chi connectivity index (χ4v) is 1.04. The molecule has 0 heterocycles. The van der Waals surface area contributed by atoms with Crippen molar-refractivity contribution in [1.29, 1.82) is 0 Å². The quantitative estimate of drug-likeness (QED) is 0.398. The Bertz CT molecular complexity index is 182. The normalized spacial score (nSPS) is 11.5. The topological polar surface area (TPSA) is 81.6 Å². The van der Waals surface area contributed by atoms with Crippen molar-refractivity contribution in [1.82, 2.24) is 10.6 Å². The molecule has 0 aromatic heterocycles. The Morgan fingerprint density at radius 1 is 1.33 bits per heavy atom. The molecule has 0 bridgehead atoms. The Balaban J connectivity index is 3.57. The van der Waals surface area contributed by atoms with E-state index in [0.717, 1.165) is 0 Å². The van der Waals surface area contributed by atoms with E-state index in [1.807, 2.05) is 6.92 Å². The summed E-state index contributed by atoms with van der Waals surface area (Å²) in [6.07, 6.45) is 0.417. The minimum atomic E-state index is -0.513. The van der Waals surface area contributed by atoms with Crippen LogP contribution >= 0.6 is 0 Å². The van der Waals surface area contributed by atoms with Gasteiger partial charge in [-0.15, -0.1) is 0 Å². The van der Waals surface area contributed by atoms with Crippen LogP contribution in [0.3, 0.4) is 0 Å². The highest BCUT2D eigenvalue weighted by molar-refractivity contribution is 5.75. The second-order valence-corrected chi connectivity index (χ2v) is 4.01. The number of amides is 1. The molecule has 5 nitrogen and oxygen atoms in total. The van der Waals surface area contributed by atoms with Gasteiger partial charge in [-0.1, -0.05) is 6.92 Å². The van der Waals surface area contributed by atoms with Crippen molar-refractivity contribution in [3.63, 3.8) is 0 Å². The second kappa shape index (κ2) is 7.62. The van der Waals surface area contributed by atoms with Gasteiger partial charge in [-0.3, -0.25) is 4.79 Å². The summed E-state index contributed by atoms with van der Waals surface area (Å²) in [6, 6.07) is 0. The summed E-state index contributed by atoms with van der Waals surface area (Å²) in [5, 5.41) is 23.7. The van der Waals surface area contributed by atoms with Gasteiger partial charge in [0.05, 0.1) is 13.2 Å². The average Bonchev–Trinajstić information content (AvgIpc) is 2.24. The van der Waals surface area contributed by atoms with E-state index in [0.29, 0.717) is 26.1 Å². The van der Waals surface area contributed by atoms with Crippen LogP contribution in [0.2, 0.25) is 0 Å². The molecule has 0 spiro atoms. The van der Waals surface area contributed by atoms with Crippen LogP contribution in [-0.2, 0) is 4.79 Å². The maximum absolute atomic E-state index is 11.1. The van der Waals surface area contributed by atoms with E-state index >= 15 is 0 Å². The van der Waals surface area contributed by atoms with E-state index in [2.05, 4.69) is 10.6 Å². The summed E-state index contributed by atoms with van der Waals surface area (Å²) in [7, 11) is 0. The van der Waals surface area contributed by atoms with E-state index in [1.54, 1.807) is 6.92 Å². The molecular formula is C10H22N2O3. The summed E-state index contributed by atoms with van der Waals surface area (Å²) < 4.78 is 0. The molecule has 0 rings (SSSR count). The smallest absolute Gasteiger partial charge is 0.221 e. The first-order valence-electron chi connectivity index (χ1n) is 5.27. The SMILES string of the molecule is CCNC(=O)CCNCC(C)(CO)CO. The van der Waals surface area contributed by atoms with Gasteiger partial charge in [-0.25, -0.2) is 0 Å². The van der Waals surface area contributed by atoms with Gasteiger partial charge in [0.2, 0.25) is 5.91 Å². The molecule has 90 valence electrons. The van der Waals surface area contributed by atoms with Gasteiger partial charge >= 0.3 is 0 Å². The van der Waals surface area contributed by atoms with Gasteiger partial charge in [0.15, 0.2) is 0 Å². The molecule has 15 heavy (non-hydrogen) atoms. The Morgan fingerprint density at radius 2 is 1.93 bits per heavy atom. The summed E-state index contributed by atoms with van der Waals surface area (Å²) in [5.41, 5.74) is -0.513. The Kier molecular flexibility index (Phi) is 7.29. The van der Waals surface area contributed by atoms with Crippen molar-refractivity contribution in [3.8, 4) is 0 Å². The van der Waals surface area contributed by atoms with Gasteiger partial charge in [0.25, 0.3) is 0 Å². The summed E-state index contributed by atoms with van der Waals surface area (Å²) >= 11 is 0. The van der Waals surface area contributed by atoms with Gasteiger partial charge in [-0.05, 0) is 6.92 Å². The number of aliphatic hydroxyl groups excluding tert-OH is 2. The molecule has 0 aliphatic heterocycles. The molecule has 0 saturated heterocycles. The van der Waals surface area contributed by atoms with Crippen molar-refractivity contribution in [3.05, 3.63) is 0 Å². The second-order valence-electron chi connectivity index (χ2n) is 4.01. The van der Waals surface area contributed by atoms with Crippen LogP contribution < -0.4 is 10.6 Å². The monoisotopic (exact) mass is 218 g/mol. The molecule has 4 N–H and O–H groups in total. The summed E-state index contributed by atoms with van der Waals surface area (Å²) in [5.74, 6) is 0.0136. The van der Waals surface area contributed by atoms with E-state index in [9.17, 15) is 4.79 Å². The van der Waals surface area contributed by atoms with Gasteiger partial charge < -0.3 is 20.8 Å². The predicted molar refractivity (Wildman–Crippen MR) is 58.4 cm³/mol. The van der Waals surface area contributed by atoms with Crippen molar-refractivity contribution >= 4 is 5.91 Å². The molecule has 5 heteroatoms. The zero-order chi connectivity index (χ0) is 11.7. The van der Waals surface area contributed by atoms with Crippen molar-refractivity contribution in [2.24, 2.45) is 5.41 Å². The third-order valence-electron chi connectivity index (χ3n) is 2.22. The Morgan fingerprint density at radius 3 is 2.40 bits per heavy atom. The van der Waals surface area contributed by atoms with E-state index < -0.39 is 5.41 Å². The lowest BCUT2D eigenvalue weighted by molar-refractivity contribution is -0.120. The summed E-state index contributed by atoms with van der Waals surface area (Å²) in [4.78, 5) is 11.1. The fourth-order valence-electron chi connectivity index (χ4n) is 1.04. The van der Waals surface area contributed by atoms with Gasteiger partial charge in [0, 0.05) is 31.5 Å². The average molecular weight is 218 g/mol. The third-order valence-corrected chi connectivity index (χ3v) is 2.22. The molecule has 1 amide bonds. The van der Waals surface area contributed by atoms with Crippen LogP contribution in [0, 0.1) is 5.41 Å². The molecule has 0 aromatic carbocycles. The van der Waals surface area contributed by atoms with Crippen LogP contribution in [0.15, 0.2) is 0 Å². The Labute approximate surface area is 90.9 Å². The van der Waals surface area contributed by atoms with Crippen LogP contribution in [0.5, 0.6) is 0 Å². The lowest BCUT2D eigenvalue weighted by Crippen LogP contribution is -2.39. The van der Waals surface area contributed by atoms with E-state index in [4.69, 9.17) is 10.2 Å². The van der Waals surface area contributed by atoms with Crippen LogP contribution in [-0.4, -0.2) is 49.0 Å². The van der Waals surface area contributed by atoms with Crippen LogP contribution in [0.25, 0.3) is 0 Å². The fraction of sp³-hybridized carbons (Fsp3) is 0.900. The van der Waals surface area contributed by atoms with Crippen LogP contribution in [0.1, 0.15) is 20.3 Å². The van der Waals surface area contributed by atoms with Crippen LogP contribution in [0.4, 0.5) is 0 Å². The number of carbonyl (C=O) groups is 1. The molecule has 0 fully saturated rings. The largest absolute Gasteiger partial charge is 0.396 e. The highest BCUT2D eigenvalue weighted by Crippen LogP contribution is 2.11. The molecular weight excluding hydrogens is 196 g/mol. The molecule has 0 atom stereocenters. The lowest BCUT2D eigenvalue weighted by atomic mass is 9.93. The number of carbonyl (C=O) groups excluding carboxylic acids is 1. The van der Waals surface area contributed by atoms with Crippen molar-refractivity contribution in [2.75, 3.05) is 32.8 Å². The third kappa shape index (κ3) is 6.43. The summed E-state index contributed by atoms with van der Waals surface area (Å²) in [6.45, 7) is 5.21. The molecule has 0 aliphatic rings. The van der Waals surface area contributed by atoms with E-state index in [1.165, 1.54) is 0 Å². The molecule has 0 unspecified atom stereocenters.